The van der Waals surface area contributed by atoms with E-state index in [4.69, 9.17) is 4.98 Å². The maximum atomic E-state index is 9.22. The molecule has 0 amide bonds. The number of aromatic nitrogens is 3. The van der Waals surface area contributed by atoms with E-state index in [0.29, 0.717) is 12.5 Å². The molecular formula is C16H19N3O. The first-order chi connectivity index (χ1) is 9.88. The lowest BCUT2D eigenvalue weighted by atomic mass is 9.94. The van der Waals surface area contributed by atoms with Crippen LogP contribution in [0.4, 0.5) is 0 Å². The first-order valence-corrected chi connectivity index (χ1v) is 7.14. The zero-order valence-corrected chi connectivity index (χ0v) is 11.4. The Hall–Kier alpha value is -1.94. The average Bonchev–Trinajstić information content (AvgIpc) is 2.94. The number of nitrogens with zero attached hydrogens (tertiary/aromatic N) is 3. The lowest BCUT2D eigenvalue weighted by Crippen LogP contribution is -2.13. The van der Waals surface area contributed by atoms with Crippen LogP contribution >= 0.6 is 0 Å². The number of benzene rings is 1. The Bertz CT molecular complexity index is 589. The van der Waals surface area contributed by atoms with Gasteiger partial charge in [-0.15, -0.1) is 0 Å². The van der Waals surface area contributed by atoms with Gasteiger partial charge < -0.3 is 5.11 Å². The number of rotatable bonds is 4. The molecule has 1 aliphatic rings. The average molecular weight is 269 g/mol. The maximum Gasteiger partial charge on any atom is 0.181 e. The highest BCUT2D eigenvalue weighted by Gasteiger charge is 2.20. The highest BCUT2D eigenvalue weighted by molar-refractivity contribution is 5.54. The van der Waals surface area contributed by atoms with Gasteiger partial charge in [0.15, 0.2) is 5.82 Å². The van der Waals surface area contributed by atoms with Crippen molar-refractivity contribution in [2.75, 3.05) is 6.61 Å². The Labute approximate surface area is 118 Å². The normalized spacial score (nSPS) is 18.4. The van der Waals surface area contributed by atoms with E-state index in [1.165, 1.54) is 0 Å². The van der Waals surface area contributed by atoms with Crippen LogP contribution in [0.1, 0.15) is 31.0 Å². The molecule has 0 spiro atoms. The molecule has 0 fully saturated rings. The summed E-state index contributed by atoms with van der Waals surface area (Å²) in [4.78, 5) is 4.73. The fourth-order valence-corrected chi connectivity index (χ4v) is 2.65. The summed E-state index contributed by atoms with van der Waals surface area (Å²) in [6, 6.07) is 10.0. The second-order valence-electron chi connectivity index (χ2n) is 5.09. The summed E-state index contributed by atoms with van der Waals surface area (Å²) >= 11 is 0. The number of allylic oxidation sites excluding steroid dienone is 2. The minimum Gasteiger partial charge on any atom is -0.394 e. The summed E-state index contributed by atoms with van der Waals surface area (Å²) in [5, 5.41) is 13.8. The number of aliphatic hydroxyl groups is 1. The molecule has 0 radical (unpaired) electrons. The van der Waals surface area contributed by atoms with Crippen molar-refractivity contribution in [3.8, 4) is 11.4 Å². The molecule has 1 atom stereocenters. The largest absolute Gasteiger partial charge is 0.394 e. The second-order valence-corrected chi connectivity index (χ2v) is 5.09. The number of aliphatic hydroxyl groups excluding tert-OH is 1. The smallest absolute Gasteiger partial charge is 0.181 e. The molecule has 0 bridgehead atoms. The van der Waals surface area contributed by atoms with E-state index in [1.54, 1.807) is 0 Å². The Kier molecular flexibility index (Phi) is 3.92. The van der Waals surface area contributed by atoms with Gasteiger partial charge in [-0.2, -0.15) is 5.10 Å². The van der Waals surface area contributed by atoms with Crippen LogP contribution in [-0.4, -0.2) is 26.5 Å². The Morgan fingerprint density at radius 3 is 2.75 bits per heavy atom. The third kappa shape index (κ3) is 2.65. The minimum absolute atomic E-state index is 0.0904. The van der Waals surface area contributed by atoms with Crippen molar-refractivity contribution in [3.05, 3.63) is 48.3 Å². The van der Waals surface area contributed by atoms with Gasteiger partial charge in [-0.3, -0.25) is 0 Å². The summed E-state index contributed by atoms with van der Waals surface area (Å²) < 4.78 is 1.87. The van der Waals surface area contributed by atoms with Gasteiger partial charge in [0.05, 0.1) is 13.2 Å². The highest BCUT2D eigenvalue weighted by atomic mass is 16.3. The van der Waals surface area contributed by atoms with Crippen LogP contribution in [0.2, 0.25) is 0 Å². The molecule has 2 aromatic rings. The molecule has 3 rings (SSSR count). The van der Waals surface area contributed by atoms with E-state index in [2.05, 4.69) is 17.3 Å². The van der Waals surface area contributed by atoms with Crippen molar-refractivity contribution >= 4 is 0 Å². The van der Waals surface area contributed by atoms with Gasteiger partial charge in [0, 0.05) is 11.5 Å². The molecule has 0 saturated heterocycles. The molecule has 1 aliphatic carbocycles. The standard InChI is InChI=1S/C16H19N3O/c20-12-11-19-16(14-9-5-2-6-10-14)17-15(18-19)13-7-3-1-4-8-13/h1-5,7-8,14,20H,6,9-12H2. The maximum absolute atomic E-state index is 9.22. The summed E-state index contributed by atoms with van der Waals surface area (Å²) in [6.07, 6.45) is 7.65. The lowest BCUT2D eigenvalue weighted by molar-refractivity contribution is 0.265. The Morgan fingerprint density at radius 2 is 2.05 bits per heavy atom. The van der Waals surface area contributed by atoms with Gasteiger partial charge in [-0.1, -0.05) is 42.5 Å². The fraction of sp³-hybridized carbons (Fsp3) is 0.375. The monoisotopic (exact) mass is 269 g/mol. The quantitative estimate of drug-likeness (QED) is 0.868. The van der Waals surface area contributed by atoms with E-state index in [9.17, 15) is 5.11 Å². The SMILES string of the molecule is OCCn1nc(-c2ccccc2)nc1C1CC=CCC1. The summed E-state index contributed by atoms with van der Waals surface area (Å²) in [7, 11) is 0. The van der Waals surface area contributed by atoms with Gasteiger partial charge in [-0.25, -0.2) is 9.67 Å². The van der Waals surface area contributed by atoms with Gasteiger partial charge in [-0.05, 0) is 19.3 Å². The Morgan fingerprint density at radius 1 is 1.20 bits per heavy atom. The molecule has 1 unspecified atom stereocenters. The molecule has 1 aromatic heterocycles. The lowest BCUT2D eigenvalue weighted by Gasteiger charge is -2.17. The van der Waals surface area contributed by atoms with Gasteiger partial charge in [0.25, 0.3) is 0 Å². The van der Waals surface area contributed by atoms with Crippen LogP contribution in [-0.2, 0) is 6.54 Å². The van der Waals surface area contributed by atoms with Crippen LogP contribution in [0.3, 0.4) is 0 Å². The molecule has 4 heteroatoms. The highest BCUT2D eigenvalue weighted by Crippen LogP contribution is 2.29. The number of hydrogen-bond donors (Lipinski definition) is 1. The van der Waals surface area contributed by atoms with Crippen LogP contribution in [0.25, 0.3) is 11.4 Å². The minimum atomic E-state index is 0.0904. The summed E-state index contributed by atoms with van der Waals surface area (Å²) in [5.41, 5.74) is 1.02. The van der Waals surface area contributed by atoms with Crippen LogP contribution in [0.15, 0.2) is 42.5 Å². The topological polar surface area (TPSA) is 50.9 Å². The first-order valence-electron chi connectivity index (χ1n) is 7.14. The third-order valence-electron chi connectivity index (χ3n) is 3.68. The summed E-state index contributed by atoms with van der Waals surface area (Å²) in [6.45, 7) is 0.600. The van der Waals surface area contributed by atoms with E-state index < -0.39 is 0 Å². The van der Waals surface area contributed by atoms with Crippen LogP contribution in [0.5, 0.6) is 0 Å². The van der Waals surface area contributed by atoms with E-state index in [1.807, 2.05) is 35.0 Å². The molecule has 1 heterocycles. The van der Waals surface area contributed by atoms with Crippen LogP contribution in [0, 0.1) is 0 Å². The van der Waals surface area contributed by atoms with E-state index in [0.717, 1.165) is 36.5 Å². The van der Waals surface area contributed by atoms with Crippen molar-refractivity contribution < 1.29 is 5.11 Å². The predicted molar refractivity (Wildman–Crippen MR) is 78.3 cm³/mol. The fourth-order valence-electron chi connectivity index (χ4n) is 2.65. The first kappa shape index (κ1) is 13.1. The molecule has 20 heavy (non-hydrogen) atoms. The molecular weight excluding hydrogens is 250 g/mol. The molecule has 1 aromatic carbocycles. The third-order valence-corrected chi connectivity index (χ3v) is 3.68. The van der Waals surface area contributed by atoms with E-state index >= 15 is 0 Å². The van der Waals surface area contributed by atoms with Crippen molar-refractivity contribution in [2.24, 2.45) is 0 Å². The second kappa shape index (κ2) is 6.01. The van der Waals surface area contributed by atoms with Crippen molar-refractivity contribution in [1.82, 2.24) is 14.8 Å². The summed E-state index contributed by atoms with van der Waals surface area (Å²) in [5.74, 6) is 2.17. The van der Waals surface area contributed by atoms with Crippen molar-refractivity contribution in [1.29, 1.82) is 0 Å². The van der Waals surface area contributed by atoms with Crippen molar-refractivity contribution in [2.45, 2.75) is 31.7 Å². The molecule has 1 N–H and O–H groups in total. The zero-order chi connectivity index (χ0) is 13.8. The van der Waals surface area contributed by atoms with E-state index in [-0.39, 0.29) is 6.61 Å². The number of hydrogen-bond acceptors (Lipinski definition) is 3. The van der Waals surface area contributed by atoms with Crippen LogP contribution < -0.4 is 0 Å². The van der Waals surface area contributed by atoms with Gasteiger partial charge in [0.1, 0.15) is 5.82 Å². The zero-order valence-electron chi connectivity index (χ0n) is 11.4. The molecule has 0 aliphatic heterocycles. The predicted octanol–water partition coefficient (Wildman–Crippen LogP) is 2.76. The molecule has 104 valence electrons. The Balaban J connectivity index is 1.95. The van der Waals surface area contributed by atoms with Gasteiger partial charge in [0.2, 0.25) is 0 Å². The molecule has 4 nitrogen and oxygen atoms in total. The van der Waals surface area contributed by atoms with Gasteiger partial charge >= 0.3 is 0 Å². The molecule has 0 saturated carbocycles. The van der Waals surface area contributed by atoms with Crippen molar-refractivity contribution in [3.63, 3.8) is 0 Å².